The molecule has 42 heavy (non-hydrogen) atoms. The van der Waals surface area contributed by atoms with Gasteiger partial charge in [-0.25, -0.2) is 5.01 Å². The van der Waals surface area contributed by atoms with E-state index in [0.717, 1.165) is 29.7 Å². The fourth-order valence-corrected chi connectivity index (χ4v) is 6.68. The fraction of sp³-hybridized carbons (Fsp3) is 0.156. The van der Waals surface area contributed by atoms with Gasteiger partial charge in [-0.2, -0.15) is 13.5 Å². The molecule has 0 amide bonds. The van der Waals surface area contributed by atoms with Crippen LogP contribution in [-0.2, 0) is 16.4 Å². The smallest absolute Gasteiger partial charge is 0.284 e. The fourth-order valence-electron chi connectivity index (χ4n) is 4.60. The SMILES string of the molecule is N=C(SCCCc1ccccc1)/C(=N\S(=O)(=O)c1ccc(Cl)cc1)N1CC(c2ccccc2)C(c2ccc(Cl)cc2)=N1. The summed E-state index contributed by atoms with van der Waals surface area (Å²) < 4.78 is 31.1. The molecule has 0 radical (unpaired) electrons. The van der Waals surface area contributed by atoms with Crippen molar-refractivity contribution >= 4 is 61.6 Å². The van der Waals surface area contributed by atoms with Crippen LogP contribution in [0.15, 0.2) is 124 Å². The normalized spacial score (nSPS) is 15.5. The lowest BCUT2D eigenvalue weighted by Gasteiger charge is -2.19. The maximum atomic E-state index is 13.4. The number of hydrogen-bond acceptors (Lipinski definition) is 5. The molecule has 5 rings (SSSR count). The number of thioether (sulfide) groups is 1. The van der Waals surface area contributed by atoms with E-state index in [1.54, 1.807) is 17.1 Å². The minimum absolute atomic E-state index is 0.00742. The van der Waals surface area contributed by atoms with Gasteiger partial charge in [0.15, 0.2) is 5.84 Å². The number of halogens is 2. The van der Waals surface area contributed by atoms with Gasteiger partial charge in [0, 0.05) is 16.0 Å². The average Bonchev–Trinajstić information content (AvgIpc) is 3.45. The first-order chi connectivity index (χ1) is 20.3. The Kier molecular flexibility index (Phi) is 9.80. The number of hydrazone groups is 1. The molecule has 10 heteroatoms. The molecule has 1 N–H and O–H groups in total. The molecular weight excluding hydrogens is 607 g/mol. The quantitative estimate of drug-likeness (QED) is 0.121. The molecule has 1 unspecified atom stereocenters. The summed E-state index contributed by atoms with van der Waals surface area (Å²) in [5, 5.41) is 16.4. The van der Waals surface area contributed by atoms with Crippen LogP contribution in [0.5, 0.6) is 0 Å². The highest BCUT2D eigenvalue weighted by Crippen LogP contribution is 2.31. The van der Waals surface area contributed by atoms with Crippen LogP contribution in [0.2, 0.25) is 10.0 Å². The molecule has 1 aliphatic rings. The van der Waals surface area contributed by atoms with Gasteiger partial charge in [-0.15, -0.1) is 16.2 Å². The van der Waals surface area contributed by atoms with Gasteiger partial charge in [0.1, 0.15) is 5.04 Å². The molecule has 214 valence electrons. The number of nitrogens with one attached hydrogen (secondary N) is 1. The largest absolute Gasteiger partial charge is 0.291 e. The zero-order chi connectivity index (χ0) is 29.5. The predicted octanol–water partition coefficient (Wildman–Crippen LogP) is 7.93. The molecule has 1 heterocycles. The summed E-state index contributed by atoms with van der Waals surface area (Å²) in [7, 11) is -4.16. The molecule has 0 bridgehead atoms. The minimum Gasteiger partial charge on any atom is -0.291 e. The van der Waals surface area contributed by atoms with Crippen LogP contribution in [0.25, 0.3) is 0 Å². The van der Waals surface area contributed by atoms with Crippen LogP contribution in [0.4, 0.5) is 0 Å². The minimum atomic E-state index is -4.16. The van der Waals surface area contributed by atoms with E-state index in [9.17, 15) is 8.42 Å². The maximum Gasteiger partial charge on any atom is 0.284 e. The van der Waals surface area contributed by atoms with Crippen LogP contribution >= 0.6 is 35.0 Å². The van der Waals surface area contributed by atoms with Crippen molar-refractivity contribution in [2.75, 3.05) is 12.3 Å². The number of sulfonamides is 1. The Morgan fingerprint density at radius 2 is 1.48 bits per heavy atom. The maximum absolute atomic E-state index is 13.4. The summed E-state index contributed by atoms with van der Waals surface area (Å²) in [4.78, 5) is -0.00742. The van der Waals surface area contributed by atoms with Gasteiger partial charge >= 0.3 is 0 Å². The molecule has 0 spiro atoms. The van der Waals surface area contributed by atoms with Crippen molar-refractivity contribution in [3.05, 3.63) is 136 Å². The van der Waals surface area contributed by atoms with Gasteiger partial charge in [0.2, 0.25) is 0 Å². The molecule has 0 saturated heterocycles. The first kappa shape index (κ1) is 30.0. The van der Waals surface area contributed by atoms with Crippen molar-refractivity contribution in [3.8, 4) is 0 Å². The van der Waals surface area contributed by atoms with Gasteiger partial charge in [-0.05, 0) is 71.7 Å². The third kappa shape index (κ3) is 7.50. The Bertz CT molecular complexity index is 1700. The van der Waals surface area contributed by atoms with Gasteiger partial charge in [-0.1, -0.05) is 96.0 Å². The van der Waals surface area contributed by atoms with Crippen molar-refractivity contribution in [1.82, 2.24) is 5.01 Å². The van der Waals surface area contributed by atoms with Crippen molar-refractivity contribution < 1.29 is 8.42 Å². The summed E-state index contributed by atoms with van der Waals surface area (Å²) >= 11 is 13.4. The Morgan fingerprint density at radius 1 is 0.881 bits per heavy atom. The van der Waals surface area contributed by atoms with Crippen LogP contribution in [0, 0.1) is 5.41 Å². The monoisotopic (exact) mass is 634 g/mol. The Morgan fingerprint density at radius 3 is 2.12 bits per heavy atom. The molecule has 1 atom stereocenters. The van der Waals surface area contributed by atoms with E-state index in [1.807, 2.05) is 60.7 Å². The Labute approximate surface area is 260 Å². The van der Waals surface area contributed by atoms with E-state index >= 15 is 0 Å². The number of aryl methyl sites for hydroxylation is 1. The first-order valence-electron chi connectivity index (χ1n) is 13.3. The molecular formula is C32H28Cl2N4O2S2. The Hall–Kier alpha value is -3.43. The second kappa shape index (κ2) is 13.7. The Balaban J connectivity index is 1.48. The zero-order valence-corrected chi connectivity index (χ0v) is 25.7. The van der Waals surface area contributed by atoms with Crippen LogP contribution < -0.4 is 0 Å². The molecule has 6 nitrogen and oxygen atoms in total. The van der Waals surface area contributed by atoms with E-state index in [2.05, 4.69) is 16.5 Å². The molecule has 4 aromatic carbocycles. The van der Waals surface area contributed by atoms with Crippen LogP contribution in [-0.4, -0.2) is 42.3 Å². The van der Waals surface area contributed by atoms with Crippen LogP contribution in [0.1, 0.15) is 29.0 Å². The summed E-state index contributed by atoms with van der Waals surface area (Å²) in [6, 6.07) is 33.3. The van der Waals surface area contributed by atoms with Crippen molar-refractivity contribution in [1.29, 1.82) is 5.41 Å². The predicted molar refractivity (Wildman–Crippen MR) is 175 cm³/mol. The van der Waals surface area contributed by atoms with Crippen molar-refractivity contribution in [2.24, 2.45) is 9.50 Å². The second-order valence-corrected chi connectivity index (χ2v) is 13.2. The molecule has 1 aliphatic heterocycles. The lowest BCUT2D eigenvalue weighted by Crippen LogP contribution is -2.32. The van der Waals surface area contributed by atoms with E-state index in [0.29, 0.717) is 22.3 Å². The number of benzene rings is 4. The highest BCUT2D eigenvalue weighted by atomic mass is 35.5. The van der Waals surface area contributed by atoms with Crippen molar-refractivity contribution in [2.45, 2.75) is 23.7 Å². The highest BCUT2D eigenvalue weighted by molar-refractivity contribution is 8.15. The third-order valence-corrected chi connectivity index (χ3v) is 9.47. The van der Waals surface area contributed by atoms with Gasteiger partial charge in [0.05, 0.1) is 17.2 Å². The number of rotatable bonds is 8. The van der Waals surface area contributed by atoms with E-state index in [4.69, 9.17) is 33.7 Å². The molecule has 4 aromatic rings. The summed E-state index contributed by atoms with van der Waals surface area (Å²) in [6.45, 7) is 0.323. The molecule has 0 fully saturated rings. The van der Waals surface area contributed by atoms with E-state index in [-0.39, 0.29) is 21.7 Å². The lowest BCUT2D eigenvalue weighted by molar-refractivity contribution is 0.481. The zero-order valence-electron chi connectivity index (χ0n) is 22.5. The van der Waals surface area contributed by atoms with Gasteiger partial charge in [-0.3, -0.25) is 5.41 Å². The topological polar surface area (TPSA) is 85.9 Å². The van der Waals surface area contributed by atoms with Crippen molar-refractivity contribution in [3.63, 3.8) is 0 Å². The summed E-state index contributed by atoms with van der Waals surface area (Å²) in [5.41, 5.74) is 3.84. The molecule has 0 aliphatic carbocycles. The average molecular weight is 636 g/mol. The summed E-state index contributed by atoms with van der Waals surface area (Å²) in [5.74, 6) is 0.434. The van der Waals surface area contributed by atoms with E-state index < -0.39 is 10.0 Å². The molecule has 0 saturated carbocycles. The third-order valence-electron chi connectivity index (χ3n) is 6.72. The lowest BCUT2D eigenvalue weighted by atomic mass is 9.91. The van der Waals surface area contributed by atoms with Gasteiger partial charge < -0.3 is 0 Å². The second-order valence-electron chi connectivity index (χ2n) is 9.65. The number of hydrogen-bond donors (Lipinski definition) is 1. The number of nitrogens with zero attached hydrogens (tertiary/aromatic N) is 3. The summed E-state index contributed by atoms with van der Waals surface area (Å²) in [6.07, 6.45) is 1.68. The molecule has 0 aromatic heterocycles. The number of amidine groups is 1. The highest BCUT2D eigenvalue weighted by Gasteiger charge is 2.34. The van der Waals surface area contributed by atoms with Gasteiger partial charge in [0.25, 0.3) is 10.0 Å². The standard InChI is InChI=1S/C32H28Cl2N4O2S2/c33-26-15-13-25(14-16-26)30-29(24-11-5-2-6-12-24)22-38(36-30)32(37-42(39,40)28-19-17-27(34)18-20-28)31(35)41-21-7-10-23-8-3-1-4-9-23/h1-6,8-9,11-20,29,35H,7,10,21-22H2/b35-31?,37-32+. The van der Waals surface area contributed by atoms with E-state index in [1.165, 1.54) is 41.6 Å². The van der Waals surface area contributed by atoms with Crippen LogP contribution in [0.3, 0.4) is 0 Å². The first-order valence-corrected chi connectivity index (χ1v) is 16.5.